The van der Waals surface area contributed by atoms with Crippen LogP contribution in [0.3, 0.4) is 0 Å². The van der Waals surface area contributed by atoms with E-state index in [4.69, 9.17) is 4.74 Å². The van der Waals surface area contributed by atoms with E-state index in [1.807, 2.05) is 29.9 Å². The third kappa shape index (κ3) is 2.16. The highest BCUT2D eigenvalue weighted by atomic mass is 16.5. The van der Waals surface area contributed by atoms with Gasteiger partial charge in [-0.15, -0.1) is 0 Å². The van der Waals surface area contributed by atoms with E-state index >= 15 is 0 Å². The Morgan fingerprint density at radius 2 is 1.70 bits per heavy atom. The Bertz CT molecular complexity index is 739. The molecular weight excluding hydrogens is 248 g/mol. The maximum Gasteiger partial charge on any atom is 0.133 e. The van der Waals surface area contributed by atoms with Crippen LogP contribution in [0.15, 0.2) is 42.5 Å². The molecule has 20 heavy (non-hydrogen) atoms. The number of hydrogen-bond acceptors (Lipinski definition) is 2. The summed E-state index contributed by atoms with van der Waals surface area (Å²) in [6.07, 6.45) is 0. The summed E-state index contributed by atoms with van der Waals surface area (Å²) in [5, 5.41) is 5.71. The van der Waals surface area contributed by atoms with E-state index in [1.165, 1.54) is 0 Å². The SMILES string of the molecule is Cc1cccc(C)c1OCc1nn(C)c2ccccc12. The number of fused-ring (bicyclic) bond motifs is 1. The quantitative estimate of drug-likeness (QED) is 0.721. The van der Waals surface area contributed by atoms with Gasteiger partial charge < -0.3 is 4.74 Å². The molecule has 1 aromatic heterocycles. The van der Waals surface area contributed by atoms with Crippen LogP contribution in [-0.4, -0.2) is 9.78 Å². The first kappa shape index (κ1) is 12.7. The highest BCUT2D eigenvalue weighted by molar-refractivity contribution is 5.81. The fourth-order valence-electron chi connectivity index (χ4n) is 2.56. The minimum absolute atomic E-state index is 0.493. The van der Waals surface area contributed by atoms with Gasteiger partial charge in [-0.3, -0.25) is 4.68 Å². The van der Waals surface area contributed by atoms with Gasteiger partial charge in [0.2, 0.25) is 0 Å². The maximum atomic E-state index is 6.00. The van der Waals surface area contributed by atoms with Crippen molar-refractivity contribution in [3.05, 3.63) is 59.3 Å². The molecule has 0 amide bonds. The molecule has 0 radical (unpaired) electrons. The predicted molar refractivity (Wildman–Crippen MR) is 81.0 cm³/mol. The third-order valence-corrected chi connectivity index (χ3v) is 3.60. The summed E-state index contributed by atoms with van der Waals surface area (Å²) in [5.41, 5.74) is 4.42. The minimum Gasteiger partial charge on any atom is -0.487 e. The molecule has 0 atom stereocenters. The van der Waals surface area contributed by atoms with E-state index < -0.39 is 0 Å². The van der Waals surface area contributed by atoms with Gasteiger partial charge in [0.25, 0.3) is 0 Å². The lowest BCUT2D eigenvalue weighted by Crippen LogP contribution is -2.00. The van der Waals surface area contributed by atoms with Crippen LogP contribution in [0.1, 0.15) is 16.8 Å². The average molecular weight is 266 g/mol. The molecule has 3 nitrogen and oxygen atoms in total. The molecule has 0 aliphatic rings. The summed E-state index contributed by atoms with van der Waals surface area (Å²) in [5.74, 6) is 0.960. The smallest absolute Gasteiger partial charge is 0.133 e. The van der Waals surface area contributed by atoms with Crippen LogP contribution in [0.25, 0.3) is 10.9 Å². The topological polar surface area (TPSA) is 27.1 Å². The number of rotatable bonds is 3. The van der Waals surface area contributed by atoms with Crippen LogP contribution < -0.4 is 4.74 Å². The third-order valence-electron chi connectivity index (χ3n) is 3.60. The number of para-hydroxylation sites is 2. The Labute approximate surface area is 118 Å². The lowest BCUT2D eigenvalue weighted by Gasteiger charge is -2.10. The average Bonchev–Trinajstić information content (AvgIpc) is 2.76. The molecule has 0 bridgehead atoms. The number of hydrogen-bond donors (Lipinski definition) is 0. The van der Waals surface area contributed by atoms with Gasteiger partial charge in [-0.2, -0.15) is 5.10 Å². The Balaban J connectivity index is 1.91. The summed E-state index contributed by atoms with van der Waals surface area (Å²) in [6, 6.07) is 14.4. The normalized spacial score (nSPS) is 10.9. The zero-order chi connectivity index (χ0) is 14.1. The molecule has 0 aliphatic carbocycles. The molecule has 2 aromatic carbocycles. The first-order valence-electron chi connectivity index (χ1n) is 6.76. The Morgan fingerprint density at radius 3 is 2.45 bits per heavy atom. The van der Waals surface area contributed by atoms with Crippen molar-refractivity contribution in [3.63, 3.8) is 0 Å². The number of aryl methyl sites for hydroxylation is 3. The first-order valence-corrected chi connectivity index (χ1v) is 6.76. The molecule has 102 valence electrons. The second-order valence-corrected chi connectivity index (χ2v) is 5.10. The van der Waals surface area contributed by atoms with E-state index in [-0.39, 0.29) is 0 Å². The molecule has 0 N–H and O–H groups in total. The van der Waals surface area contributed by atoms with Gasteiger partial charge in [0.15, 0.2) is 0 Å². The number of aromatic nitrogens is 2. The van der Waals surface area contributed by atoms with E-state index in [0.717, 1.165) is 33.5 Å². The van der Waals surface area contributed by atoms with Crippen molar-refractivity contribution in [2.45, 2.75) is 20.5 Å². The second-order valence-electron chi connectivity index (χ2n) is 5.10. The van der Waals surface area contributed by atoms with Crippen molar-refractivity contribution in [1.29, 1.82) is 0 Å². The van der Waals surface area contributed by atoms with Crippen LogP contribution in [0.2, 0.25) is 0 Å². The van der Waals surface area contributed by atoms with Crippen molar-refractivity contribution in [2.24, 2.45) is 7.05 Å². The monoisotopic (exact) mass is 266 g/mol. The molecule has 0 unspecified atom stereocenters. The lowest BCUT2D eigenvalue weighted by molar-refractivity contribution is 0.297. The Morgan fingerprint density at radius 1 is 1.00 bits per heavy atom. The van der Waals surface area contributed by atoms with Gasteiger partial charge in [-0.05, 0) is 31.0 Å². The zero-order valence-electron chi connectivity index (χ0n) is 12.1. The standard InChI is InChI=1S/C17H18N2O/c1-12-7-6-8-13(2)17(12)20-11-15-14-9-4-5-10-16(14)19(3)18-15/h4-10H,11H2,1-3H3. The fourth-order valence-corrected chi connectivity index (χ4v) is 2.56. The Kier molecular flexibility index (Phi) is 3.18. The van der Waals surface area contributed by atoms with Crippen LogP contribution >= 0.6 is 0 Å². The van der Waals surface area contributed by atoms with Crippen LogP contribution in [-0.2, 0) is 13.7 Å². The first-order chi connectivity index (χ1) is 9.66. The molecule has 3 heteroatoms. The fraction of sp³-hybridized carbons (Fsp3) is 0.235. The summed E-state index contributed by atoms with van der Waals surface area (Å²) in [7, 11) is 1.96. The van der Waals surface area contributed by atoms with Crippen molar-refractivity contribution >= 4 is 10.9 Å². The summed E-state index contributed by atoms with van der Waals surface area (Å²) in [6.45, 7) is 4.63. The predicted octanol–water partition coefficient (Wildman–Crippen LogP) is 3.77. The molecule has 0 aliphatic heterocycles. The van der Waals surface area contributed by atoms with Crippen molar-refractivity contribution in [1.82, 2.24) is 9.78 Å². The van der Waals surface area contributed by atoms with Crippen molar-refractivity contribution < 1.29 is 4.74 Å². The van der Waals surface area contributed by atoms with Gasteiger partial charge >= 0.3 is 0 Å². The Hall–Kier alpha value is -2.29. The van der Waals surface area contributed by atoms with Gasteiger partial charge in [0.05, 0.1) is 5.52 Å². The van der Waals surface area contributed by atoms with E-state index in [2.05, 4.69) is 43.2 Å². The number of ether oxygens (including phenoxy) is 1. The van der Waals surface area contributed by atoms with Gasteiger partial charge in [0, 0.05) is 12.4 Å². The maximum absolute atomic E-state index is 6.00. The van der Waals surface area contributed by atoms with E-state index in [1.54, 1.807) is 0 Å². The number of benzene rings is 2. The number of nitrogens with zero attached hydrogens (tertiary/aromatic N) is 2. The van der Waals surface area contributed by atoms with Crippen LogP contribution in [0.5, 0.6) is 5.75 Å². The largest absolute Gasteiger partial charge is 0.487 e. The van der Waals surface area contributed by atoms with Crippen LogP contribution in [0.4, 0.5) is 0 Å². The van der Waals surface area contributed by atoms with E-state index in [0.29, 0.717) is 6.61 Å². The van der Waals surface area contributed by atoms with Gasteiger partial charge in [-0.1, -0.05) is 36.4 Å². The molecule has 0 saturated heterocycles. The molecule has 3 rings (SSSR count). The van der Waals surface area contributed by atoms with Crippen molar-refractivity contribution in [2.75, 3.05) is 0 Å². The van der Waals surface area contributed by atoms with Crippen LogP contribution in [0, 0.1) is 13.8 Å². The molecule has 0 spiro atoms. The summed E-state index contributed by atoms with van der Waals surface area (Å²) in [4.78, 5) is 0. The molecular formula is C17H18N2O. The molecule has 3 aromatic rings. The summed E-state index contributed by atoms with van der Waals surface area (Å²) < 4.78 is 7.90. The van der Waals surface area contributed by atoms with Gasteiger partial charge in [0.1, 0.15) is 18.1 Å². The highest BCUT2D eigenvalue weighted by Crippen LogP contribution is 2.25. The summed E-state index contributed by atoms with van der Waals surface area (Å²) >= 11 is 0. The second kappa shape index (κ2) is 5.00. The minimum atomic E-state index is 0.493. The van der Waals surface area contributed by atoms with E-state index in [9.17, 15) is 0 Å². The highest BCUT2D eigenvalue weighted by Gasteiger charge is 2.10. The van der Waals surface area contributed by atoms with Gasteiger partial charge in [-0.25, -0.2) is 0 Å². The zero-order valence-corrected chi connectivity index (χ0v) is 12.1. The molecule has 1 heterocycles. The lowest BCUT2D eigenvalue weighted by atomic mass is 10.1. The molecule has 0 saturated carbocycles. The van der Waals surface area contributed by atoms with Crippen molar-refractivity contribution in [3.8, 4) is 5.75 Å². The molecule has 0 fully saturated rings.